The van der Waals surface area contributed by atoms with Crippen LogP contribution in [-0.4, -0.2) is 24.6 Å². The minimum absolute atomic E-state index is 1.21. The second-order valence-electron chi connectivity index (χ2n) is 5.54. The Bertz CT molecular complexity index is 508. The van der Waals surface area contributed by atoms with E-state index in [4.69, 9.17) is 0 Å². The number of nitrogens with zero attached hydrogens (tertiary/aromatic N) is 1. The molecule has 1 aromatic carbocycles. The molecule has 0 bridgehead atoms. The van der Waals surface area contributed by atoms with E-state index in [1.54, 1.807) is 5.56 Å². The van der Waals surface area contributed by atoms with E-state index in [-0.39, 0.29) is 0 Å². The lowest BCUT2D eigenvalue weighted by atomic mass is 10.1. The fourth-order valence-corrected chi connectivity index (χ4v) is 3.95. The summed E-state index contributed by atoms with van der Waals surface area (Å²) in [6.07, 6.45) is 4.23. The monoisotopic (exact) mass is 246 g/mol. The van der Waals surface area contributed by atoms with Gasteiger partial charge in [-0.15, -0.1) is 11.3 Å². The molecule has 0 unspecified atom stereocenters. The van der Waals surface area contributed by atoms with E-state index in [1.807, 2.05) is 11.3 Å². The fourth-order valence-electron chi connectivity index (χ4n) is 3.00. The number of thiophene rings is 1. The van der Waals surface area contributed by atoms with E-state index in [0.29, 0.717) is 0 Å². The second-order valence-corrected chi connectivity index (χ2v) is 6.45. The van der Waals surface area contributed by atoms with Gasteiger partial charge in [0.2, 0.25) is 0 Å². The van der Waals surface area contributed by atoms with Gasteiger partial charge >= 0.3 is 0 Å². The predicted molar refractivity (Wildman–Crippen MR) is 75.3 cm³/mol. The number of fused-ring (bicyclic) bond motifs is 1. The predicted octanol–water partition coefficient (Wildman–Crippen LogP) is 4.03. The molecule has 0 amide bonds. The zero-order valence-corrected chi connectivity index (χ0v) is 11.3. The van der Waals surface area contributed by atoms with Crippen LogP contribution in [0.4, 0.5) is 0 Å². The molecule has 17 heavy (non-hydrogen) atoms. The second kappa shape index (κ2) is 4.43. The van der Waals surface area contributed by atoms with Crippen molar-refractivity contribution in [2.24, 2.45) is 0 Å². The van der Waals surface area contributed by atoms with Crippen molar-refractivity contribution in [2.45, 2.75) is 25.8 Å². The van der Waals surface area contributed by atoms with E-state index in [1.165, 1.54) is 53.5 Å². The Morgan fingerprint density at radius 3 is 2.71 bits per heavy atom. The molecule has 0 atom stereocenters. The van der Waals surface area contributed by atoms with Crippen LogP contribution in [0.2, 0.25) is 0 Å². The van der Waals surface area contributed by atoms with Gasteiger partial charge in [-0.2, -0.15) is 0 Å². The summed E-state index contributed by atoms with van der Waals surface area (Å²) in [6.45, 7) is 3.92. The molecule has 1 aromatic heterocycles. The molecule has 0 saturated carbocycles. The van der Waals surface area contributed by atoms with Crippen LogP contribution in [0.5, 0.6) is 0 Å². The molecule has 1 aliphatic heterocycles. The highest BCUT2D eigenvalue weighted by Crippen LogP contribution is 2.29. The van der Waals surface area contributed by atoms with Crippen molar-refractivity contribution in [2.75, 3.05) is 20.1 Å². The summed E-state index contributed by atoms with van der Waals surface area (Å²) in [6, 6.07) is 8.81. The number of likely N-dealkylation sites (tertiary alicyclic amines) is 1. The van der Waals surface area contributed by atoms with Crippen LogP contribution in [0.1, 0.15) is 24.8 Å². The van der Waals surface area contributed by atoms with Gasteiger partial charge in [0.05, 0.1) is 20.1 Å². The Morgan fingerprint density at radius 2 is 1.88 bits per heavy atom. The van der Waals surface area contributed by atoms with Crippen LogP contribution in [0.3, 0.4) is 0 Å². The van der Waals surface area contributed by atoms with Gasteiger partial charge in [0, 0.05) is 21.0 Å². The molecular weight excluding hydrogens is 226 g/mol. The maximum Gasteiger partial charge on any atom is 0.106 e. The number of piperidine rings is 1. The van der Waals surface area contributed by atoms with E-state index in [2.05, 4.69) is 36.7 Å². The van der Waals surface area contributed by atoms with Crippen LogP contribution in [0.15, 0.2) is 29.6 Å². The van der Waals surface area contributed by atoms with Gasteiger partial charge in [-0.25, -0.2) is 0 Å². The first kappa shape index (κ1) is 11.2. The normalized spacial score (nSPS) is 19.6. The first-order valence-electron chi connectivity index (χ1n) is 6.56. The molecule has 90 valence electrons. The molecule has 0 radical (unpaired) electrons. The van der Waals surface area contributed by atoms with Crippen molar-refractivity contribution < 1.29 is 4.48 Å². The zero-order chi connectivity index (χ0) is 11.7. The van der Waals surface area contributed by atoms with Gasteiger partial charge < -0.3 is 4.48 Å². The fraction of sp³-hybridized carbons (Fsp3) is 0.467. The lowest BCUT2D eigenvalue weighted by Gasteiger charge is -2.37. The molecule has 0 aliphatic carbocycles. The highest BCUT2D eigenvalue weighted by atomic mass is 32.1. The molecule has 2 aromatic rings. The molecule has 1 saturated heterocycles. The molecule has 1 fully saturated rings. The van der Waals surface area contributed by atoms with Crippen molar-refractivity contribution in [3.8, 4) is 0 Å². The summed E-state index contributed by atoms with van der Waals surface area (Å²) in [5, 5.41) is 3.84. The van der Waals surface area contributed by atoms with Gasteiger partial charge in [-0.05, 0) is 25.3 Å². The van der Waals surface area contributed by atoms with Crippen LogP contribution >= 0.6 is 11.3 Å². The molecular formula is C15H20NS+. The zero-order valence-electron chi connectivity index (χ0n) is 10.5. The van der Waals surface area contributed by atoms with Gasteiger partial charge in [0.25, 0.3) is 0 Å². The maximum absolute atomic E-state index is 2.42. The summed E-state index contributed by atoms with van der Waals surface area (Å²) in [5.41, 5.74) is 1.55. The maximum atomic E-state index is 2.42. The Kier molecular flexibility index (Phi) is 2.93. The summed E-state index contributed by atoms with van der Waals surface area (Å²) >= 11 is 1.89. The van der Waals surface area contributed by atoms with E-state index in [9.17, 15) is 0 Å². The first-order valence-corrected chi connectivity index (χ1v) is 7.43. The summed E-state index contributed by atoms with van der Waals surface area (Å²) in [4.78, 5) is 0. The van der Waals surface area contributed by atoms with Gasteiger partial charge in [-0.1, -0.05) is 18.2 Å². The lowest BCUT2D eigenvalue weighted by Crippen LogP contribution is -2.46. The molecule has 0 N–H and O–H groups in total. The number of benzene rings is 1. The highest BCUT2D eigenvalue weighted by Gasteiger charge is 2.25. The largest absolute Gasteiger partial charge is 0.322 e. The van der Waals surface area contributed by atoms with Gasteiger partial charge in [-0.3, -0.25) is 0 Å². The quantitative estimate of drug-likeness (QED) is 0.702. The number of hydrogen-bond donors (Lipinski definition) is 0. The molecule has 2 heterocycles. The van der Waals surface area contributed by atoms with Crippen LogP contribution < -0.4 is 0 Å². The number of hydrogen-bond acceptors (Lipinski definition) is 1. The molecule has 1 aliphatic rings. The molecule has 1 nitrogen and oxygen atoms in total. The Morgan fingerprint density at radius 1 is 1.12 bits per heavy atom. The minimum atomic E-state index is 1.21. The van der Waals surface area contributed by atoms with Gasteiger partial charge in [0.15, 0.2) is 0 Å². The standard InChI is InChI=1S/C15H20NS/c1-16(9-5-2-6-10-16)11-13-12-17-15-8-4-3-7-14(13)15/h3-4,7-8,12H,2,5-6,9-11H2,1H3/q+1. The van der Waals surface area contributed by atoms with Crippen LogP contribution in [0, 0.1) is 0 Å². The van der Waals surface area contributed by atoms with Gasteiger partial charge in [0.1, 0.15) is 6.54 Å². The highest BCUT2D eigenvalue weighted by molar-refractivity contribution is 7.17. The molecule has 0 spiro atoms. The van der Waals surface area contributed by atoms with E-state index < -0.39 is 0 Å². The van der Waals surface area contributed by atoms with Crippen molar-refractivity contribution in [1.29, 1.82) is 0 Å². The Hall–Kier alpha value is -0.860. The topological polar surface area (TPSA) is 0 Å². The van der Waals surface area contributed by atoms with Crippen LogP contribution in [-0.2, 0) is 6.54 Å². The number of quaternary nitrogens is 1. The SMILES string of the molecule is C[N+]1(Cc2csc3ccccc23)CCCCC1. The average Bonchev–Trinajstić information content (AvgIpc) is 2.73. The molecule has 3 rings (SSSR count). The van der Waals surface area contributed by atoms with Crippen molar-refractivity contribution in [1.82, 2.24) is 0 Å². The summed E-state index contributed by atoms with van der Waals surface area (Å²) in [7, 11) is 2.42. The minimum Gasteiger partial charge on any atom is -0.322 e. The van der Waals surface area contributed by atoms with Crippen molar-refractivity contribution >= 4 is 21.4 Å². The number of rotatable bonds is 2. The molecule has 2 heteroatoms. The Labute approximate surface area is 107 Å². The van der Waals surface area contributed by atoms with Crippen molar-refractivity contribution in [3.05, 3.63) is 35.2 Å². The third kappa shape index (κ3) is 2.24. The first-order chi connectivity index (χ1) is 8.27. The smallest absolute Gasteiger partial charge is 0.106 e. The Balaban J connectivity index is 1.89. The third-order valence-corrected chi connectivity index (χ3v) is 5.02. The third-order valence-electron chi connectivity index (χ3n) is 4.01. The summed E-state index contributed by atoms with van der Waals surface area (Å²) < 4.78 is 2.67. The summed E-state index contributed by atoms with van der Waals surface area (Å²) in [5.74, 6) is 0. The van der Waals surface area contributed by atoms with E-state index >= 15 is 0 Å². The average molecular weight is 246 g/mol. The van der Waals surface area contributed by atoms with Crippen molar-refractivity contribution in [3.63, 3.8) is 0 Å². The van der Waals surface area contributed by atoms with Crippen LogP contribution in [0.25, 0.3) is 10.1 Å². The van der Waals surface area contributed by atoms with E-state index in [0.717, 1.165) is 0 Å². The lowest BCUT2D eigenvalue weighted by molar-refractivity contribution is -0.926.